The third-order valence-electron chi connectivity index (χ3n) is 4.12. The molecular formula is C18H18N6O. The fraction of sp³-hybridized carbons (Fsp3) is 0.278. The van der Waals surface area contributed by atoms with Crippen LogP contribution in [0.4, 0.5) is 17.3 Å². The lowest BCUT2D eigenvalue weighted by molar-refractivity contribution is 0.299. The molecule has 0 saturated heterocycles. The zero-order valence-corrected chi connectivity index (χ0v) is 13.6. The average Bonchev–Trinajstić information content (AvgIpc) is 3.32. The molecule has 1 aliphatic rings. The Kier molecular flexibility index (Phi) is 3.96. The summed E-state index contributed by atoms with van der Waals surface area (Å²) in [6, 6.07) is 12.3. The molecule has 7 heteroatoms. The normalized spacial score (nSPS) is 13.6. The maximum Gasteiger partial charge on any atom is 0.177 e. The van der Waals surface area contributed by atoms with Crippen molar-refractivity contribution in [1.29, 1.82) is 5.26 Å². The van der Waals surface area contributed by atoms with Crippen LogP contribution in [0.15, 0.2) is 36.5 Å². The van der Waals surface area contributed by atoms with Crippen LogP contribution in [0.1, 0.15) is 24.0 Å². The second-order valence-electron chi connectivity index (χ2n) is 6.15. The highest BCUT2D eigenvalue weighted by molar-refractivity contribution is 5.67. The number of fused-ring (bicyclic) bond motifs is 1. The van der Waals surface area contributed by atoms with Gasteiger partial charge in [-0.05, 0) is 37.0 Å². The van der Waals surface area contributed by atoms with E-state index in [0.717, 1.165) is 29.9 Å². The van der Waals surface area contributed by atoms with Gasteiger partial charge in [0.1, 0.15) is 23.3 Å². The third kappa shape index (κ3) is 3.25. The molecule has 0 bridgehead atoms. The van der Waals surface area contributed by atoms with Crippen molar-refractivity contribution in [1.82, 2.24) is 14.6 Å². The molecule has 2 heterocycles. The van der Waals surface area contributed by atoms with Crippen molar-refractivity contribution >= 4 is 23.0 Å². The van der Waals surface area contributed by atoms with Crippen LogP contribution >= 0.6 is 0 Å². The van der Waals surface area contributed by atoms with Crippen molar-refractivity contribution in [2.24, 2.45) is 0 Å². The van der Waals surface area contributed by atoms with Gasteiger partial charge in [0.05, 0.1) is 6.20 Å². The lowest BCUT2D eigenvalue weighted by Crippen LogP contribution is -2.09. The number of hydrogen-bond donors (Lipinski definition) is 3. The summed E-state index contributed by atoms with van der Waals surface area (Å²) in [7, 11) is 0. The summed E-state index contributed by atoms with van der Waals surface area (Å²) in [6.45, 7) is 0.116. The molecule has 1 fully saturated rings. The summed E-state index contributed by atoms with van der Waals surface area (Å²) in [5.41, 5.74) is 2.91. The Balaban J connectivity index is 1.71. The first-order valence-corrected chi connectivity index (χ1v) is 8.29. The molecule has 1 saturated carbocycles. The highest BCUT2D eigenvalue weighted by atomic mass is 16.2. The topological polar surface area (TPSA) is 98.3 Å². The molecule has 1 aliphatic carbocycles. The first-order valence-electron chi connectivity index (χ1n) is 8.29. The molecule has 7 nitrogen and oxygen atoms in total. The minimum Gasteiger partial charge on any atom is -0.396 e. The number of benzene rings is 1. The van der Waals surface area contributed by atoms with Gasteiger partial charge in [0, 0.05) is 24.4 Å². The molecule has 0 radical (unpaired) electrons. The van der Waals surface area contributed by atoms with Gasteiger partial charge in [-0.25, -0.2) is 4.98 Å². The molecule has 2 aromatic heterocycles. The van der Waals surface area contributed by atoms with Gasteiger partial charge in [0.15, 0.2) is 5.65 Å². The predicted molar refractivity (Wildman–Crippen MR) is 94.9 cm³/mol. The Morgan fingerprint density at radius 3 is 2.96 bits per heavy atom. The summed E-state index contributed by atoms with van der Waals surface area (Å²) < 4.78 is 1.67. The molecule has 1 aromatic carbocycles. The van der Waals surface area contributed by atoms with Crippen LogP contribution in [0.2, 0.25) is 0 Å². The van der Waals surface area contributed by atoms with E-state index in [1.165, 1.54) is 6.20 Å². The van der Waals surface area contributed by atoms with E-state index in [0.29, 0.717) is 29.5 Å². The number of rotatable bonds is 6. The maximum absolute atomic E-state index is 9.28. The first kappa shape index (κ1) is 15.4. The number of aliphatic hydroxyl groups is 1. The SMILES string of the molecule is N#Cc1cnn2c(NC3CC3)cc(Nc3cccc(CCO)c3)nc12. The smallest absolute Gasteiger partial charge is 0.177 e. The zero-order valence-electron chi connectivity index (χ0n) is 13.6. The fourth-order valence-corrected chi connectivity index (χ4v) is 2.73. The molecule has 0 unspecified atom stereocenters. The van der Waals surface area contributed by atoms with Crippen LogP contribution < -0.4 is 10.6 Å². The fourth-order valence-electron chi connectivity index (χ4n) is 2.73. The lowest BCUT2D eigenvalue weighted by atomic mass is 10.1. The summed E-state index contributed by atoms with van der Waals surface area (Å²) in [5, 5.41) is 29.4. The average molecular weight is 334 g/mol. The number of hydrogen-bond acceptors (Lipinski definition) is 6. The molecule has 3 aromatic rings. The van der Waals surface area contributed by atoms with Gasteiger partial charge in [-0.3, -0.25) is 0 Å². The lowest BCUT2D eigenvalue weighted by Gasteiger charge is -2.12. The largest absolute Gasteiger partial charge is 0.396 e. The monoisotopic (exact) mass is 334 g/mol. The number of aromatic nitrogens is 3. The van der Waals surface area contributed by atoms with E-state index in [-0.39, 0.29) is 6.61 Å². The molecule has 4 rings (SSSR count). The second-order valence-corrected chi connectivity index (χ2v) is 6.15. The molecule has 0 spiro atoms. The van der Waals surface area contributed by atoms with E-state index in [1.54, 1.807) is 4.52 Å². The number of aliphatic hydroxyl groups excluding tert-OH is 1. The van der Waals surface area contributed by atoms with Crippen LogP contribution in [0.25, 0.3) is 5.65 Å². The van der Waals surface area contributed by atoms with Gasteiger partial charge < -0.3 is 15.7 Å². The van der Waals surface area contributed by atoms with Gasteiger partial charge >= 0.3 is 0 Å². The van der Waals surface area contributed by atoms with Crippen LogP contribution in [-0.2, 0) is 6.42 Å². The number of nitriles is 1. The standard InChI is InChI=1S/C18H18N6O/c19-10-13-11-20-24-17(22-14-4-5-14)9-16(23-18(13)24)21-15-3-1-2-12(8-15)6-7-25/h1-3,8-9,11,14,22,25H,4-7H2,(H,21,23). The van der Waals surface area contributed by atoms with Crippen molar-refractivity contribution in [3.63, 3.8) is 0 Å². The third-order valence-corrected chi connectivity index (χ3v) is 4.12. The first-order chi connectivity index (χ1) is 12.3. The van der Waals surface area contributed by atoms with E-state index in [9.17, 15) is 5.26 Å². The highest BCUT2D eigenvalue weighted by Gasteiger charge is 2.23. The van der Waals surface area contributed by atoms with Crippen molar-refractivity contribution < 1.29 is 5.11 Å². The van der Waals surface area contributed by atoms with E-state index in [2.05, 4.69) is 26.8 Å². The Morgan fingerprint density at radius 2 is 2.20 bits per heavy atom. The van der Waals surface area contributed by atoms with Gasteiger partial charge in [-0.2, -0.15) is 14.9 Å². The van der Waals surface area contributed by atoms with Gasteiger partial charge in [0.25, 0.3) is 0 Å². The van der Waals surface area contributed by atoms with Gasteiger partial charge in [0.2, 0.25) is 0 Å². The molecule has 0 aliphatic heterocycles. The summed E-state index contributed by atoms with van der Waals surface area (Å²) in [5.74, 6) is 1.47. The number of anilines is 3. The maximum atomic E-state index is 9.28. The van der Waals surface area contributed by atoms with E-state index < -0.39 is 0 Å². The predicted octanol–water partition coefficient (Wildman–Crippen LogP) is 2.45. The zero-order chi connectivity index (χ0) is 17.2. The minimum absolute atomic E-state index is 0.116. The molecule has 126 valence electrons. The second kappa shape index (κ2) is 6.42. The summed E-state index contributed by atoms with van der Waals surface area (Å²) in [4.78, 5) is 4.54. The van der Waals surface area contributed by atoms with Crippen molar-refractivity contribution in [3.8, 4) is 6.07 Å². The molecule has 0 atom stereocenters. The Hall–Kier alpha value is -3.11. The summed E-state index contributed by atoms with van der Waals surface area (Å²) >= 11 is 0. The highest BCUT2D eigenvalue weighted by Crippen LogP contribution is 2.28. The Morgan fingerprint density at radius 1 is 1.32 bits per heavy atom. The van der Waals surface area contributed by atoms with Crippen molar-refractivity contribution in [3.05, 3.63) is 47.7 Å². The van der Waals surface area contributed by atoms with E-state index in [4.69, 9.17) is 5.11 Å². The van der Waals surface area contributed by atoms with Crippen LogP contribution in [0.5, 0.6) is 0 Å². The van der Waals surface area contributed by atoms with Gasteiger partial charge in [-0.1, -0.05) is 12.1 Å². The Labute approximate surface area is 144 Å². The molecule has 3 N–H and O–H groups in total. The number of nitrogens with zero attached hydrogens (tertiary/aromatic N) is 4. The molecule has 0 amide bonds. The van der Waals surface area contributed by atoms with Crippen molar-refractivity contribution in [2.45, 2.75) is 25.3 Å². The quantitative estimate of drug-likeness (QED) is 0.640. The van der Waals surface area contributed by atoms with Crippen LogP contribution in [-0.4, -0.2) is 32.4 Å². The van der Waals surface area contributed by atoms with Gasteiger partial charge in [-0.15, -0.1) is 0 Å². The van der Waals surface area contributed by atoms with E-state index >= 15 is 0 Å². The summed E-state index contributed by atoms with van der Waals surface area (Å²) in [6.07, 6.45) is 4.42. The van der Waals surface area contributed by atoms with Crippen LogP contribution in [0.3, 0.4) is 0 Å². The molecule has 25 heavy (non-hydrogen) atoms. The van der Waals surface area contributed by atoms with E-state index in [1.807, 2.05) is 30.3 Å². The minimum atomic E-state index is 0.116. The number of nitrogens with one attached hydrogen (secondary N) is 2. The Bertz CT molecular complexity index is 954. The van der Waals surface area contributed by atoms with Crippen molar-refractivity contribution in [2.75, 3.05) is 17.2 Å². The molecular weight excluding hydrogens is 316 g/mol. The van der Waals surface area contributed by atoms with Crippen LogP contribution in [0, 0.1) is 11.3 Å².